The number of aromatic nitrogens is 3. The molecule has 2 heterocycles. The standard InChI is InChI=1S/C17H17N5O3/c1-25-13-4-2-12(3-5-13)17(8-9-17)11-19-14-6-7-15-18-10-16(22(23)24)21(15)20-14/h2-7,10H,8-9,11H2,1H3,(H,19,20). The molecule has 0 bridgehead atoms. The van der Waals surface area contributed by atoms with Crippen molar-refractivity contribution in [3.8, 4) is 5.75 Å². The van der Waals surface area contributed by atoms with Crippen molar-refractivity contribution in [2.45, 2.75) is 18.3 Å². The summed E-state index contributed by atoms with van der Waals surface area (Å²) in [6.45, 7) is 0.723. The molecule has 0 unspecified atom stereocenters. The number of methoxy groups -OCH3 is 1. The summed E-state index contributed by atoms with van der Waals surface area (Å²) >= 11 is 0. The molecule has 1 aliphatic carbocycles. The first kappa shape index (κ1) is 15.4. The van der Waals surface area contributed by atoms with Crippen LogP contribution in [0.1, 0.15) is 18.4 Å². The Kier molecular flexibility index (Phi) is 3.52. The molecule has 1 N–H and O–H groups in total. The van der Waals surface area contributed by atoms with Gasteiger partial charge >= 0.3 is 5.82 Å². The molecule has 0 spiro atoms. The zero-order chi connectivity index (χ0) is 17.4. The number of benzene rings is 1. The highest BCUT2D eigenvalue weighted by molar-refractivity contribution is 5.49. The molecular weight excluding hydrogens is 322 g/mol. The lowest BCUT2D eigenvalue weighted by molar-refractivity contribution is -0.391. The first-order chi connectivity index (χ1) is 12.1. The second-order valence-corrected chi connectivity index (χ2v) is 6.22. The van der Waals surface area contributed by atoms with Crippen LogP contribution in [-0.4, -0.2) is 33.2 Å². The van der Waals surface area contributed by atoms with E-state index in [1.807, 2.05) is 12.1 Å². The molecule has 3 aromatic rings. The van der Waals surface area contributed by atoms with Gasteiger partial charge in [-0.3, -0.25) is 0 Å². The van der Waals surface area contributed by atoms with Crippen LogP contribution < -0.4 is 10.1 Å². The third kappa shape index (κ3) is 2.75. The van der Waals surface area contributed by atoms with Crippen LogP contribution in [-0.2, 0) is 5.41 Å². The van der Waals surface area contributed by atoms with Gasteiger partial charge in [-0.25, -0.2) is 4.98 Å². The second kappa shape index (κ2) is 5.73. The van der Waals surface area contributed by atoms with Crippen LogP contribution in [0, 0.1) is 10.1 Å². The van der Waals surface area contributed by atoms with Crippen molar-refractivity contribution in [3.05, 3.63) is 58.3 Å². The van der Waals surface area contributed by atoms with E-state index in [1.165, 1.54) is 16.3 Å². The van der Waals surface area contributed by atoms with Gasteiger partial charge in [0.1, 0.15) is 11.9 Å². The van der Waals surface area contributed by atoms with Crippen LogP contribution in [0.5, 0.6) is 5.75 Å². The smallest absolute Gasteiger partial charge is 0.368 e. The van der Waals surface area contributed by atoms with Crippen molar-refractivity contribution < 1.29 is 9.66 Å². The highest BCUT2D eigenvalue weighted by Crippen LogP contribution is 2.48. The van der Waals surface area contributed by atoms with E-state index in [2.05, 4.69) is 27.5 Å². The van der Waals surface area contributed by atoms with Crippen molar-refractivity contribution in [1.82, 2.24) is 14.6 Å². The monoisotopic (exact) mass is 339 g/mol. The molecule has 2 aromatic heterocycles. The Hall–Kier alpha value is -3.16. The average Bonchev–Trinajstić information content (AvgIpc) is 3.31. The number of hydrogen-bond donors (Lipinski definition) is 1. The predicted molar refractivity (Wildman–Crippen MR) is 92.0 cm³/mol. The van der Waals surface area contributed by atoms with Crippen LogP contribution >= 0.6 is 0 Å². The summed E-state index contributed by atoms with van der Waals surface area (Å²) in [7, 11) is 1.65. The van der Waals surface area contributed by atoms with Gasteiger partial charge in [-0.05, 0) is 41.5 Å². The Balaban J connectivity index is 1.53. The molecular formula is C17H17N5O3. The lowest BCUT2D eigenvalue weighted by Crippen LogP contribution is -2.20. The van der Waals surface area contributed by atoms with E-state index in [0.29, 0.717) is 11.5 Å². The topological polar surface area (TPSA) is 94.6 Å². The summed E-state index contributed by atoms with van der Waals surface area (Å²) in [5.74, 6) is 1.29. The number of nitro groups is 1. The van der Waals surface area contributed by atoms with E-state index in [9.17, 15) is 10.1 Å². The number of anilines is 1. The van der Waals surface area contributed by atoms with E-state index in [0.717, 1.165) is 25.1 Å². The normalized spacial score (nSPS) is 15.1. The average molecular weight is 339 g/mol. The molecule has 0 amide bonds. The summed E-state index contributed by atoms with van der Waals surface area (Å²) in [6.07, 6.45) is 3.41. The third-order valence-corrected chi connectivity index (χ3v) is 4.70. The SMILES string of the molecule is COc1ccc(C2(CNc3ccc4ncc([N+](=O)[O-])n4n3)CC2)cc1. The number of rotatable bonds is 6. The van der Waals surface area contributed by atoms with Crippen molar-refractivity contribution in [2.75, 3.05) is 19.0 Å². The zero-order valence-electron chi connectivity index (χ0n) is 13.7. The molecule has 1 aromatic carbocycles. The fraction of sp³-hybridized carbons (Fsp3) is 0.294. The molecule has 1 fully saturated rings. The van der Waals surface area contributed by atoms with Crippen molar-refractivity contribution in [3.63, 3.8) is 0 Å². The number of hydrogen-bond acceptors (Lipinski definition) is 6. The maximum atomic E-state index is 11.0. The zero-order valence-corrected chi connectivity index (χ0v) is 13.7. The van der Waals surface area contributed by atoms with Crippen LogP contribution in [0.2, 0.25) is 0 Å². The van der Waals surface area contributed by atoms with Gasteiger partial charge in [0.05, 0.1) is 7.11 Å². The van der Waals surface area contributed by atoms with E-state index < -0.39 is 4.92 Å². The van der Waals surface area contributed by atoms with Gasteiger partial charge < -0.3 is 20.2 Å². The highest BCUT2D eigenvalue weighted by Gasteiger charge is 2.44. The van der Waals surface area contributed by atoms with E-state index >= 15 is 0 Å². The van der Waals surface area contributed by atoms with Crippen LogP contribution in [0.25, 0.3) is 5.65 Å². The Labute approximate surface area is 143 Å². The summed E-state index contributed by atoms with van der Waals surface area (Å²) in [6, 6.07) is 11.6. The van der Waals surface area contributed by atoms with Gasteiger partial charge in [0, 0.05) is 18.0 Å². The first-order valence-corrected chi connectivity index (χ1v) is 7.99. The van der Waals surface area contributed by atoms with E-state index in [4.69, 9.17) is 4.74 Å². The van der Waals surface area contributed by atoms with E-state index in [1.54, 1.807) is 19.2 Å². The molecule has 128 valence electrons. The van der Waals surface area contributed by atoms with Crippen molar-refractivity contribution in [1.29, 1.82) is 0 Å². The fourth-order valence-electron chi connectivity index (χ4n) is 3.00. The van der Waals surface area contributed by atoms with Crippen molar-refractivity contribution >= 4 is 17.3 Å². The minimum atomic E-state index is -0.490. The number of fused-ring (bicyclic) bond motifs is 1. The Morgan fingerprint density at radius 1 is 1.28 bits per heavy atom. The molecule has 8 heteroatoms. The summed E-state index contributed by atoms with van der Waals surface area (Å²) in [5.41, 5.74) is 1.80. The summed E-state index contributed by atoms with van der Waals surface area (Å²) in [4.78, 5) is 14.5. The summed E-state index contributed by atoms with van der Waals surface area (Å²) in [5, 5.41) is 18.6. The molecule has 8 nitrogen and oxygen atoms in total. The molecule has 25 heavy (non-hydrogen) atoms. The Morgan fingerprint density at radius 2 is 2.04 bits per heavy atom. The minimum Gasteiger partial charge on any atom is -0.497 e. The lowest BCUT2D eigenvalue weighted by atomic mass is 9.96. The Morgan fingerprint density at radius 3 is 2.68 bits per heavy atom. The molecule has 0 atom stereocenters. The predicted octanol–water partition coefficient (Wildman–Crippen LogP) is 2.79. The number of nitrogens with zero attached hydrogens (tertiary/aromatic N) is 4. The van der Waals surface area contributed by atoms with E-state index in [-0.39, 0.29) is 11.2 Å². The van der Waals surface area contributed by atoms with Gasteiger partial charge in [-0.15, -0.1) is 0 Å². The maximum absolute atomic E-state index is 11.0. The van der Waals surface area contributed by atoms with Gasteiger partial charge in [0.15, 0.2) is 5.82 Å². The third-order valence-electron chi connectivity index (χ3n) is 4.70. The molecule has 1 saturated carbocycles. The van der Waals surface area contributed by atoms with Crippen LogP contribution in [0.3, 0.4) is 0 Å². The highest BCUT2D eigenvalue weighted by atomic mass is 16.6. The molecule has 0 aliphatic heterocycles. The minimum absolute atomic E-state index is 0.0871. The maximum Gasteiger partial charge on any atom is 0.368 e. The summed E-state index contributed by atoms with van der Waals surface area (Å²) < 4.78 is 6.45. The molecule has 1 aliphatic rings. The number of imidazole rings is 1. The van der Waals surface area contributed by atoms with Crippen LogP contribution in [0.15, 0.2) is 42.6 Å². The molecule has 0 radical (unpaired) electrons. The second-order valence-electron chi connectivity index (χ2n) is 6.22. The fourth-order valence-corrected chi connectivity index (χ4v) is 3.00. The van der Waals surface area contributed by atoms with Gasteiger partial charge in [0.2, 0.25) is 5.65 Å². The van der Waals surface area contributed by atoms with Gasteiger partial charge in [-0.2, -0.15) is 0 Å². The van der Waals surface area contributed by atoms with Gasteiger partial charge in [-0.1, -0.05) is 21.7 Å². The Bertz CT molecular complexity index is 931. The quantitative estimate of drug-likeness (QED) is 0.548. The van der Waals surface area contributed by atoms with Crippen molar-refractivity contribution in [2.24, 2.45) is 0 Å². The number of ether oxygens (including phenoxy) is 1. The first-order valence-electron chi connectivity index (χ1n) is 7.99. The molecule has 0 saturated heterocycles. The molecule has 4 rings (SSSR count). The van der Waals surface area contributed by atoms with Crippen LogP contribution in [0.4, 0.5) is 11.6 Å². The number of nitrogens with one attached hydrogen (secondary N) is 1. The van der Waals surface area contributed by atoms with Gasteiger partial charge in [0.25, 0.3) is 0 Å². The largest absolute Gasteiger partial charge is 0.497 e. The lowest BCUT2D eigenvalue weighted by Gasteiger charge is -2.17.